The van der Waals surface area contributed by atoms with E-state index in [9.17, 15) is 0 Å². The van der Waals surface area contributed by atoms with Gasteiger partial charge in [-0.2, -0.15) is 0 Å². The van der Waals surface area contributed by atoms with Gasteiger partial charge in [0.25, 0.3) is 0 Å². The van der Waals surface area contributed by atoms with E-state index in [1.54, 1.807) is 11.3 Å². The van der Waals surface area contributed by atoms with Crippen molar-refractivity contribution in [3.05, 3.63) is 10.5 Å². The smallest absolute Gasteiger partial charge is 0.184 e. The highest BCUT2D eigenvalue weighted by molar-refractivity contribution is 7.14. The van der Waals surface area contributed by atoms with Gasteiger partial charge >= 0.3 is 0 Å². The van der Waals surface area contributed by atoms with Crippen LogP contribution in [0.15, 0.2) is 5.38 Å². The third kappa shape index (κ3) is 2.39. The molecule has 0 atom stereocenters. The molecule has 78 valence electrons. The normalized spacial score (nSPS) is 19.9. The average Bonchev–Trinajstić information content (AvgIpc) is 2.73. The molecular weight excluding hydrogens is 216 g/mol. The maximum atomic E-state index is 5.75. The second kappa shape index (κ2) is 4.07. The highest BCUT2D eigenvalue weighted by Gasteiger charge is 2.28. The highest BCUT2D eigenvalue weighted by Crippen LogP contribution is 2.37. The zero-order chi connectivity index (χ0) is 10.0. The van der Waals surface area contributed by atoms with Gasteiger partial charge in [0.05, 0.1) is 0 Å². The standard InChI is InChI=1S/C10H15ClN2S/c1-10(4-2-3-5-10)7-12-9-13-8(11)6-14-9/h6H,2-5,7H2,1H3,(H,12,13). The molecule has 0 aromatic carbocycles. The van der Waals surface area contributed by atoms with Crippen molar-refractivity contribution >= 4 is 28.1 Å². The van der Waals surface area contributed by atoms with Gasteiger partial charge < -0.3 is 5.32 Å². The summed E-state index contributed by atoms with van der Waals surface area (Å²) in [7, 11) is 0. The quantitative estimate of drug-likeness (QED) is 0.855. The molecule has 1 aromatic rings. The molecule has 0 radical (unpaired) electrons. The van der Waals surface area contributed by atoms with Crippen molar-refractivity contribution < 1.29 is 0 Å². The summed E-state index contributed by atoms with van der Waals surface area (Å²) in [6.45, 7) is 3.37. The van der Waals surface area contributed by atoms with Crippen LogP contribution < -0.4 is 5.32 Å². The number of hydrogen-bond donors (Lipinski definition) is 1. The van der Waals surface area contributed by atoms with Crippen molar-refractivity contribution in [2.24, 2.45) is 5.41 Å². The van der Waals surface area contributed by atoms with Crippen molar-refractivity contribution in [1.82, 2.24) is 4.98 Å². The van der Waals surface area contributed by atoms with Crippen molar-refractivity contribution in [3.63, 3.8) is 0 Å². The lowest BCUT2D eigenvalue weighted by Crippen LogP contribution is -2.22. The van der Waals surface area contributed by atoms with E-state index in [-0.39, 0.29) is 0 Å². The Balaban J connectivity index is 1.87. The van der Waals surface area contributed by atoms with Crippen LogP contribution in [0.2, 0.25) is 5.15 Å². The first-order chi connectivity index (χ1) is 6.68. The fourth-order valence-electron chi connectivity index (χ4n) is 2.03. The van der Waals surface area contributed by atoms with Gasteiger partial charge in [0, 0.05) is 11.9 Å². The third-order valence-electron chi connectivity index (χ3n) is 2.95. The van der Waals surface area contributed by atoms with E-state index in [1.165, 1.54) is 25.7 Å². The molecule has 0 unspecified atom stereocenters. The summed E-state index contributed by atoms with van der Waals surface area (Å²) >= 11 is 7.33. The Morgan fingerprint density at radius 1 is 1.57 bits per heavy atom. The number of rotatable bonds is 3. The molecule has 0 amide bonds. The van der Waals surface area contributed by atoms with E-state index >= 15 is 0 Å². The van der Waals surface area contributed by atoms with Crippen molar-refractivity contribution in [3.8, 4) is 0 Å². The van der Waals surface area contributed by atoms with Crippen LogP contribution >= 0.6 is 22.9 Å². The largest absolute Gasteiger partial charge is 0.361 e. The number of thiazole rings is 1. The van der Waals surface area contributed by atoms with Crippen LogP contribution in [0, 0.1) is 5.41 Å². The average molecular weight is 231 g/mol. The van der Waals surface area contributed by atoms with Gasteiger partial charge in [0.1, 0.15) is 5.15 Å². The van der Waals surface area contributed by atoms with Gasteiger partial charge in [-0.3, -0.25) is 0 Å². The highest BCUT2D eigenvalue weighted by atomic mass is 35.5. The number of nitrogens with zero attached hydrogens (tertiary/aromatic N) is 1. The summed E-state index contributed by atoms with van der Waals surface area (Å²) in [5, 5.41) is 6.77. The van der Waals surface area contributed by atoms with E-state index in [0.29, 0.717) is 10.6 Å². The van der Waals surface area contributed by atoms with Crippen molar-refractivity contribution in [2.75, 3.05) is 11.9 Å². The van der Waals surface area contributed by atoms with Crippen LogP contribution in [0.1, 0.15) is 32.6 Å². The lowest BCUT2D eigenvalue weighted by atomic mass is 9.89. The number of anilines is 1. The predicted molar refractivity (Wildman–Crippen MR) is 62.2 cm³/mol. The Morgan fingerprint density at radius 2 is 2.29 bits per heavy atom. The van der Waals surface area contributed by atoms with Gasteiger partial charge in [0.15, 0.2) is 5.13 Å². The molecule has 4 heteroatoms. The minimum atomic E-state index is 0.470. The molecule has 2 rings (SSSR count). The SMILES string of the molecule is CC1(CNc2nc(Cl)cs2)CCCC1. The molecule has 1 fully saturated rings. The Morgan fingerprint density at radius 3 is 2.86 bits per heavy atom. The minimum Gasteiger partial charge on any atom is -0.361 e. The molecule has 14 heavy (non-hydrogen) atoms. The Hall–Kier alpha value is -0.280. The summed E-state index contributed by atoms with van der Waals surface area (Å²) in [5.74, 6) is 0. The minimum absolute atomic E-state index is 0.470. The first-order valence-electron chi connectivity index (χ1n) is 5.03. The van der Waals surface area contributed by atoms with Crippen LogP contribution in [0.25, 0.3) is 0 Å². The zero-order valence-electron chi connectivity index (χ0n) is 8.35. The number of halogens is 1. The summed E-state index contributed by atoms with van der Waals surface area (Å²) in [4.78, 5) is 4.18. The lowest BCUT2D eigenvalue weighted by molar-refractivity contribution is 0.362. The first-order valence-corrected chi connectivity index (χ1v) is 6.29. The molecule has 2 nitrogen and oxygen atoms in total. The molecule has 0 bridgehead atoms. The summed E-state index contributed by atoms with van der Waals surface area (Å²) in [6.07, 6.45) is 5.41. The van der Waals surface area contributed by atoms with Gasteiger partial charge in [-0.1, -0.05) is 31.4 Å². The fraction of sp³-hybridized carbons (Fsp3) is 0.700. The van der Waals surface area contributed by atoms with E-state index < -0.39 is 0 Å². The fourth-order valence-corrected chi connectivity index (χ4v) is 2.87. The summed E-state index contributed by atoms with van der Waals surface area (Å²) in [5.41, 5.74) is 0.470. The Kier molecular flexibility index (Phi) is 2.98. The number of hydrogen-bond acceptors (Lipinski definition) is 3. The second-order valence-electron chi connectivity index (χ2n) is 4.35. The van der Waals surface area contributed by atoms with Crippen LogP contribution in [-0.2, 0) is 0 Å². The van der Waals surface area contributed by atoms with Crippen molar-refractivity contribution in [1.29, 1.82) is 0 Å². The zero-order valence-corrected chi connectivity index (χ0v) is 9.92. The summed E-state index contributed by atoms with van der Waals surface area (Å²) in [6, 6.07) is 0. The molecule has 1 aliphatic rings. The van der Waals surface area contributed by atoms with E-state index in [0.717, 1.165) is 11.7 Å². The van der Waals surface area contributed by atoms with E-state index in [2.05, 4.69) is 17.2 Å². The number of nitrogens with one attached hydrogen (secondary N) is 1. The molecule has 1 aliphatic carbocycles. The van der Waals surface area contributed by atoms with Crippen LogP contribution in [-0.4, -0.2) is 11.5 Å². The lowest BCUT2D eigenvalue weighted by Gasteiger charge is -2.23. The Bertz CT molecular complexity index is 305. The molecule has 0 aliphatic heterocycles. The van der Waals surface area contributed by atoms with Gasteiger partial charge in [-0.25, -0.2) is 4.98 Å². The number of aromatic nitrogens is 1. The Labute approximate surface area is 93.7 Å². The third-order valence-corrected chi connectivity index (χ3v) is 4.08. The van der Waals surface area contributed by atoms with E-state index in [4.69, 9.17) is 11.6 Å². The molecular formula is C10H15ClN2S. The van der Waals surface area contributed by atoms with Crippen LogP contribution in [0.5, 0.6) is 0 Å². The van der Waals surface area contributed by atoms with Gasteiger partial charge in [-0.05, 0) is 18.3 Å². The molecule has 1 heterocycles. The maximum absolute atomic E-state index is 5.75. The monoisotopic (exact) mass is 230 g/mol. The predicted octanol–water partition coefficient (Wildman–Crippen LogP) is 3.79. The van der Waals surface area contributed by atoms with Gasteiger partial charge in [0.2, 0.25) is 0 Å². The first kappa shape index (κ1) is 10.2. The van der Waals surface area contributed by atoms with Crippen LogP contribution in [0.3, 0.4) is 0 Å². The molecule has 0 spiro atoms. The molecule has 1 aromatic heterocycles. The summed E-state index contributed by atoms with van der Waals surface area (Å²) < 4.78 is 0. The topological polar surface area (TPSA) is 24.9 Å². The molecule has 1 N–H and O–H groups in total. The van der Waals surface area contributed by atoms with Gasteiger partial charge in [-0.15, -0.1) is 11.3 Å². The van der Waals surface area contributed by atoms with Crippen LogP contribution in [0.4, 0.5) is 5.13 Å². The molecule has 1 saturated carbocycles. The van der Waals surface area contributed by atoms with Crippen molar-refractivity contribution in [2.45, 2.75) is 32.6 Å². The second-order valence-corrected chi connectivity index (χ2v) is 5.59. The van der Waals surface area contributed by atoms with E-state index in [1.807, 2.05) is 5.38 Å². The maximum Gasteiger partial charge on any atom is 0.184 e. The molecule has 0 saturated heterocycles.